The molecule has 1 aliphatic carbocycles. The van der Waals surface area contributed by atoms with E-state index in [1.807, 2.05) is 0 Å². The van der Waals surface area contributed by atoms with E-state index < -0.39 is 0 Å². The largest absolute Gasteiger partial charge is 0.310 e. The van der Waals surface area contributed by atoms with E-state index in [4.69, 9.17) is 0 Å². The van der Waals surface area contributed by atoms with E-state index >= 15 is 0 Å². The van der Waals surface area contributed by atoms with Gasteiger partial charge in [-0.3, -0.25) is 0 Å². The third kappa shape index (κ3) is 5.27. The Morgan fingerprint density at radius 2 is 1.78 bits per heavy atom. The van der Waals surface area contributed by atoms with Gasteiger partial charge in [0, 0.05) is 18.6 Å². The lowest BCUT2D eigenvalue weighted by atomic mass is 9.79. The van der Waals surface area contributed by atoms with Gasteiger partial charge in [0.05, 0.1) is 0 Å². The molecule has 0 aromatic rings. The lowest BCUT2D eigenvalue weighted by Crippen LogP contribution is -2.45. The molecule has 3 atom stereocenters. The van der Waals surface area contributed by atoms with Crippen LogP contribution in [0.4, 0.5) is 0 Å². The van der Waals surface area contributed by atoms with Crippen molar-refractivity contribution in [2.45, 2.75) is 72.4 Å². The molecular weight excluding hydrogens is 220 g/mol. The first-order valence-electron chi connectivity index (χ1n) is 8.05. The molecule has 1 aliphatic rings. The maximum absolute atomic E-state index is 3.86. The molecule has 1 saturated carbocycles. The molecule has 0 saturated heterocycles. The number of hydrogen-bond donors (Lipinski definition) is 1. The minimum absolute atomic E-state index is 0.626. The van der Waals surface area contributed by atoms with Crippen molar-refractivity contribution in [1.82, 2.24) is 10.2 Å². The SMILES string of the molecule is CCN(CC)CC(C)NC1CCCC(C(C)C)C1. The molecule has 1 fully saturated rings. The summed E-state index contributed by atoms with van der Waals surface area (Å²) >= 11 is 0. The van der Waals surface area contributed by atoms with Gasteiger partial charge in [0.25, 0.3) is 0 Å². The molecule has 108 valence electrons. The molecule has 3 unspecified atom stereocenters. The van der Waals surface area contributed by atoms with Gasteiger partial charge in [-0.15, -0.1) is 0 Å². The number of nitrogens with one attached hydrogen (secondary N) is 1. The Labute approximate surface area is 115 Å². The van der Waals surface area contributed by atoms with E-state index in [2.05, 4.69) is 44.8 Å². The first-order chi connectivity index (χ1) is 8.56. The maximum Gasteiger partial charge on any atom is 0.0169 e. The molecular formula is C16H34N2. The molecule has 18 heavy (non-hydrogen) atoms. The highest BCUT2D eigenvalue weighted by Crippen LogP contribution is 2.30. The standard InChI is InChI=1S/C16H34N2/c1-6-18(7-2)12-14(5)17-16-10-8-9-15(11-16)13(3)4/h13-17H,6-12H2,1-5H3. The second-order valence-electron chi connectivity index (χ2n) is 6.42. The van der Waals surface area contributed by atoms with Crippen LogP contribution in [0.2, 0.25) is 0 Å². The summed E-state index contributed by atoms with van der Waals surface area (Å²) in [5.41, 5.74) is 0. The average Bonchev–Trinajstić information content (AvgIpc) is 2.36. The number of likely N-dealkylation sites (N-methyl/N-ethyl adjacent to an activating group) is 1. The second kappa shape index (κ2) is 8.16. The van der Waals surface area contributed by atoms with Gasteiger partial charge in [-0.25, -0.2) is 0 Å². The first kappa shape index (κ1) is 16.0. The summed E-state index contributed by atoms with van der Waals surface area (Å²) in [6.07, 6.45) is 5.63. The maximum atomic E-state index is 3.86. The Hall–Kier alpha value is -0.0800. The summed E-state index contributed by atoms with van der Waals surface area (Å²) in [4.78, 5) is 2.51. The predicted molar refractivity (Wildman–Crippen MR) is 81.0 cm³/mol. The first-order valence-corrected chi connectivity index (χ1v) is 8.05. The van der Waals surface area contributed by atoms with Crippen LogP contribution in [0.15, 0.2) is 0 Å². The van der Waals surface area contributed by atoms with Crippen molar-refractivity contribution in [2.24, 2.45) is 11.8 Å². The highest BCUT2D eigenvalue weighted by atomic mass is 15.1. The van der Waals surface area contributed by atoms with E-state index in [0.717, 1.165) is 17.9 Å². The fourth-order valence-electron chi connectivity index (χ4n) is 3.31. The van der Waals surface area contributed by atoms with Gasteiger partial charge in [-0.2, -0.15) is 0 Å². The lowest BCUT2D eigenvalue weighted by molar-refractivity contribution is 0.203. The monoisotopic (exact) mass is 254 g/mol. The van der Waals surface area contributed by atoms with Crippen molar-refractivity contribution in [3.63, 3.8) is 0 Å². The molecule has 0 amide bonds. The normalized spacial score (nSPS) is 26.8. The summed E-state index contributed by atoms with van der Waals surface area (Å²) in [7, 11) is 0. The molecule has 1 N–H and O–H groups in total. The number of rotatable bonds is 7. The van der Waals surface area contributed by atoms with Gasteiger partial charge < -0.3 is 10.2 Å². The second-order valence-corrected chi connectivity index (χ2v) is 6.42. The van der Waals surface area contributed by atoms with Crippen molar-refractivity contribution >= 4 is 0 Å². The van der Waals surface area contributed by atoms with Gasteiger partial charge in [-0.05, 0) is 44.7 Å². The molecule has 0 aromatic carbocycles. The Morgan fingerprint density at radius 1 is 1.11 bits per heavy atom. The molecule has 2 heteroatoms. The van der Waals surface area contributed by atoms with Crippen molar-refractivity contribution in [3.05, 3.63) is 0 Å². The molecule has 1 rings (SSSR count). The Kier molecular flexibility index (Phi) is 7.25. The lowest BCUT2D eigenvalue weighted by Gasteiger charge is -2.35. The van der Waals surface area contributed by atoms with Gasteiger partial charge in [0.2, 0.25) is 0 Å². The molecule has 0 radical (unpaired) electrons. The van der Waals surface area contributed by atoms with Crippen LogP contribution in [0.1, 0.15) is 60.3 Å². The van der Waals surface area contributed by atoms with Crippen LogP contribution in [0.3, 0.4) is 0 Å². The molecule has 0 heterocycles. The average molecular weight is 254 g/mol. The fourth-order valence-corrected chi connectivity index (χ4v) is 3.31. The Balaban J connectivity index is 2.32. The zero-order chi connectivity index (χ0) is 13.5. The summed E-state index contributed by atoms with van der Waals surface area (Å²) < 4.78 is 0. The summed E-state index contributed by atoms with van der Waals surface area (Å²) in [5.74, 6) is 1.80. The van der Waals surface area contributed by atoms with Gasteiger partial charge in [-0.1, -0.05) is 40.5 Å². The highest BCUT2D eigenvalue weighted by molar-refractivity contribution is 4.82. The smallest absolute Gasteiger partial charge is 0.0169 e. The topological polar surface area (TPSA) is 15.3 Å². The van der Waals surface area contributed by atoms with Crippen molar-refractivity contribution in [3.8, 4) is 0 Å². The third-order valence-electron chi connectivity index (χ3n) is 4.60. The zero-order valence-electron chi connectivity index (χ0n) is 13.2. The molecule has 0 bridgehead atoms. The van der Waals surface area contributed by atoms with Crippen molar-refractivity contribution in [1.29, 1.82) is 0 Å². The number of hydrogen-bond acceptors (Lipinski definition) is 2. The fraction of sp³-hybridized carbons (Fsp3) is 1.00. The third-order valence-corrected chi connectivity index (χ3v) is 4.60. The van der Waals surface area contributed by atoms with Gasteiger partial charge in [0.1, 0.15) is 0 Å². The van der Waals surface area contributed by atoms with E-state index in [1.165, 1.54) is 45.3 Å². The van der Waals surface area contributed by atoms with Crippen LogP contribution in [0, 0.1) is 11.8 Å². The molecule has 0 aromatic heterocycles. The summed E-state index contributed by atoms with van der Waals surface area (Å²) in [6, 6.07) is 1.39. The van der Waals surface area contributed by atoms with Gasteiger partial charge in [0.15, 0.2) is 0 Å². The molecule has 0 aliphatic heterocycles. The molecule has 2 nitrogen and oxygen atoms in total. The van der Waals surface area contributed by atoms with Crippen LogP contribution >= 0.6 is 0 Å². The summed E-state index contributed by atoms with van der Waals surface area (Å²) in [5, 5.41) is 3.86. The van der Waals surface area contributed by atoms with Crippen LogP contribution in [-0.2, 0) is 0 Å². The van der Waals surface area contributed by atoms with E-state index in [1.54, 1.807) is 0 Å². The molecule has 0 spiro atoms. The van der Waals surface area contributed by atoms with Crippen LogP contribution < -0.4 is 5.32 Å². The van der Waals surface area contributed by atoms with Crippen LogP contribution in [-0.4, -0.2) is 36.6 Å². The minimum Gasteiger partial charge on any atom is -0.310 e. The minimum atomic E-state index is 0.626. The van der Waals surface area contributed by atoms with Crippen molar-refractivity contribution < 1.29 is 0 Å². The van der Waals surface area contributed by atoms with Gasteiger partial charge >= 0.3 is 0 Å². The highest BCUT2D eigenvalue weighted by Gasteiger charge is 2.24. The van der Waals surface area contributed by atoms with Crippen molar-refractivity contribution in [2.75, 3.05) is 19.6 Å². The van der Waals surface area contributed by atoms with Crippen LogP contribution in [0.5, 0.6) is 0 Å². The quantitative estimate of drug-likeness (QED) is 0.748. The van der Waals surface area contributed by atoms with E-state index in [9.17, 15) is 0 Å². The summed E-state index contributed by atoms with van der Waals surface area (Å²) in [6.45, 7) is 15.1. The Bertz CT molecular complexity index is 211. The van der Waals surface area contributed by atoms with E-state index in [-0.39, 0.29) is 0 Å². The van der Waals surface area contributed by atoms with E-state index in [0.29, 0.717) is 6.04 Å². The van der Waals surface area contributed by atoms with Crippen LogP contribution in [0.25, 0.3) is 0 Å². The zero-order valence-corrected chi connectivity index (χ0v) is 13.2. The number of nitrogens with zero attached hydrogens (tertiary/aromatic N) is 1. The Morgan fingerprint density at radius 3 is 2.33 bits per heavy atom. The predicted octanol–water partition coefficient (Wildman–Crippen LogP) is 3.52.